The molecular formula is C26H39BrN6O2. The van der Waals surface area contributed by atoms with Crippen molar-refractivity contribution in [2.75, 3.05) is 19.6 Å². The minimum absolute atomic E-state index is 0.0271. The van der Waals surface area contributed by atoms with Gasteiger partial charge >= 0.3 is 0 Å². The van der Waals surface area contributed by atoms with Crippen molar-refractivity contribution in [3.05, 3.63) is 34.9 Å². The lowest BCUT2D eigenvalue weighted by atomic mass is 9.85. The number of hydrogen-bond donors (Lipinski definition) is 3. The second kappa shape index (κ2) is 10.6. The summed E-state index contributed by atoms with van der Waals surface area (Å²) in [5.74, 6) is 6.77. The number of hydrazine groups is 1. The van der Waals surface area contributed by atoms with E-state index < -0.39 is 12.1 Å². The molecule has 2 aromatic rings. The normalized spacial score (nSPS) is 20.4. The first-order valence-electron chi connectivity index (χ1n) is 12.7. The standard InChI is InChI=1S/C26H39BrN6O2/c1-26(2,3)23(33(29)16-20(28)17-9-10-17)25(35)32-13-5-8-22(32)24(34)30-12-15-31-14-11-18-19(27)6-4-7-21(18)31/h4,6-7,11,14,17,20,22-23H,5,8-10,12-13,15-16,28-29H2,1-3H3,(H,30,34)/t20?,22-,23+/m0/s1. The Morgan fingerprint density at radius 1 is 1.23 bits per heavy atom. The molecule has 4 rings (SSSR count). The lowest BCUT2D eigenvalue weighted by molar-refractivity contribution is -0.146. The molecule has 0 radical (unpaired) electrons. The smallest absolute Gasteiger partial charge is 0.242 e. The first kappa shape index (κ1) is 26.1. The predicted molar refractivity (Wildman–Crippen MR) is 142 cm³/mol. The van der Waals surface area contributed by atoms with Crippen LogP contribution in [0.4, 0.5) is 0 Å². The highest BCUT2D eigenvalue weighted by Crippen LogP contribution is 2.33. The second-order valence-corrected chi connectivity index (χ2v) is 12.0. The van der Waals surface area contributed by atoms with E-state index in [1.807, 2.05) is 39.1 Å². The van der Waals surface area contributed by atoms with Crippen molar-refractivity contribution >= 4 is 38.6 Å². The Kier molecular flexibility index (Phi) is 7.90. The highest BCUT2D eigenvalue weighted by Gasteiger charge is 2.44. The van der Waals surface area contributed by atoms with Crippen LogP contribution in [0.5, 0.6) is 0 Å². The van der Waals surface area contributed by atoms with Gasteiger partial charge in [0.1, 0.15) is 12.1 Å². The number of rotatable bonds is 9. The average Bonchev–Trinajstić information content (AvgIpc) is 3.37. The van der Waals surface area contributed by atoms with Crippen molar-refractivity contribution in [2.24, 2.45) is 22.9 Å². The molecule has 1 aromatic heterocycles. The monoisotopic (exact) mass is 546 g/mol. The molecule has 5 N–H and O–H groups in total. The summed E-state index contributed by atoms with van der Waals surface area (Å²) >= 11 is 3.59. The van der Waals surface area contributed by atoms with Crippen LogP contribution < -0.4 is 16.9 Å². The summed E-state index contributed by atoms with van der Waals surface area (Å²) in [5.41, 5.74) is 7.04. The fraction of sp³-hybridized carbons (Fsp3) is 0.615. The maximum absolute atomic E-state index is 13.7. The number of nitrogens with zero attached hydrogens (tertiary/aromatic N) is 3. The van der Waals surface area contributed by atoms with Gasteiger partial charge in [-0.05, 0) is 55.2 Å². The van der Waals surface area contributed by atoms with Crippen LogP contribution in [0.1, 0.15) is 46.5 Å². The van der Waals surface area contributed by atoms with Gasteiger partial charge in [0.05, 0.1) is 0 Å². The number of aromatic nitrogens is 1. The minimum atomic E-state index is -0.537. The van der Waals surface area contributed by atoms with Gasteiger partial charge in [0.2, 0.25) is 11.8 Å². The zero-order valence-electron chi connectivity index (χ0n) is 21.0. The molecule has 1 saturated carbocycles. The zero-order chi connectivity index (χ0) is 25.3. The third-order valence-corrected chi connectivity index (χ3v) is 7.98. The van der Waals surface area contributed by atoms with Crippen molar-refractivity contribution in [1.82, 2.24) is 19.8 Å². The summed E-state index contributed by atoms with van der Waals surface area (Å²) in [5, 5.41) is 5.82. The number of fused-ring (bicyclic) bond motifs is 1. The quantitative estimate of drug-likeness (QED) is 0.331. The van der Waals surface area contributed by atoms with Crippen LogP contribution in [0, 0.1) is 11.3 Å². The maximum atomic E-state index is 13.7. The van der Waals surface area contributed by atoms with Crippen molar-refractivity contribution in [3.63, 3.8) is 0 Å². The Bertz CT molecular complexity index is 1060. The van der Waals surface area contributed by atoms with Crippen molar-refractivity contribution in [2.45, 2.75) is 71.1 Å². The van der Waals surface area contributed by atoms with Crippen molar-refractivity contribution < 1.29 is 9.59 Å². The van der Waals surface area contributed by atoms with Gasteiger partial charge in [0.25, 0.3) is 0 Å². The van der Waals surface area contributed by atoms with Crippen LogP contribution in [0.25, 0.3) is 10.9 Å². The van der Waals surface area contributed by atoms with E-state index in [9.17, 15) is 9.59 Å². The predicted octanol–water partition coefficient (Wildman–Crippen LogP) is 2.84. The van der Waals surface area contributed by atoms with Crippen LogP contribution in [0.3, 0.4) is 0 Å². The molecule has 0 spiro atoms. The van der Waals surface area contributed by atoms with E-state index in [4.69, 9.17) is 11.6 Å². The first-order chi connectivity index (χ1) is 16.6. The number of likely N-dealkylation sites (tertiary alicyclic amines) is 1. The molecule has 1 aromatic carbocycles. The average molecular weight is 548 g/mol. The Labute approximate surface area is 216 Å². The number of nitrogens with two attached hydrogens (primary N) is 2. The van der Waals surface area contributed by atoms with Crippen molar-refractivity contribution in [1.29, 1.82) is 0 Å². The van der Waals surface area contributed by atoms with Gasteiger partial charge in [-0.1, -0.05) is 42.8 Å². The number of amides is 2. The van der Waals surface area contributed by atoms with E-state index in [0.717, 1.165) is 34.6 Å². The summed E-state index contributed by atoms with van der Waals surface area (Å²) in [6.07, 6.45) is 5.77. The highest BCUT2D eigenvalue weighted by molar-refractivity contribution is 9.10. The summed E-state index contributed by atoms with van der Waals surface area (Å²) in [6.45, 7) is 8.25. The van der Waals surface area contributed by atoms with E-state index in [1.54, 1.807) is 9.91 Å². The molecule has 1 aliphatic carbocycles. The topological polar surface area (TPSA) is 110 Å². The fourth-order valence-corrected chi connectivity index (χ4v) is 5.78. The molecule has 2 heterocycles. The molecule has 1 saturated heterocycles. The molecule has 9 heteroatoms. The zero-order valence-corrected chi connectivity index (χ0v) is 22.6. The molecule has 2 aliphatic rings. The van der Waals surface area contributed by atoms with Gasteiger partial charge in [-0.3, -0.25) is 15.4 Å². The van der Waals surface area contributed by atoms with Crippen LogP contribution in [-0.2, 0) is 16.1 Å². The summed E-state index contributed by atoms with van der Waals surface area (Å²) in [4.78, 5) is 28.6. The summed E-state index contributed by atoms with van der Waals surface area (Å²) in [6, 6.07) is 7.14. The number of hydrogen-bond acceptors (Lipinski definition) is 5. The fourth-order valence-electron chi connectivity index (χ4n) is 5.29. The van der Waals surface area contributed by atoms with Crippen molar-refractivity contribution in [3.8, 4) is 0 Å². The van der Waals surface area contributed by atoms with E-state index in [-0.39, 0.29) is 23.3 Å². The number of carbonyl (C=O) groups is 2. The van der Waals surface area contributed by atoms with Crippen LogP contribution in [0.2, 0.25) is 0 Å². The first-order valence-corrected chi connectivity index (χ1v) is 13.5. The Morgan fingerprint density at radius 2 is 1.97 bits per heavy atom. The van der Waals surface area contributed by atoms with Crippen LogP contribution in [-0.4, -0.2) is 64.1 Å². The van der Waals surface area contributed by atoms with Gasteiger partial charge in [0.15, 0.2) is 0 Å². The molecule has 1 unspecified atom stereocenters. The number of carbonyl (C=O) groups excluding carboxylic acids is 2. The lowest BCUT2D eigenvalue weighted by Gasteiger charge is -2.40. The Morgan fingerprint density at radius 3 is 2.66 bits per heavy atom. The van der Waals surface area contributed by atoms with Gasteiger partial charge in [-0.15, -0.1) is 0 Å². The number of halogens is 1. The third-order valence-electron chi connectivity index (χ3n) is 7.29. The SMILES string of the molecule is CC(C)(C)[C@@H](C(=O)N1CCC[C@H]1C(=O)NCCn1ccc2c(Br)cccc21)N(N)CC(N)C1CC1. The second-order valence-electron chi connectivity index (χ2n) is 11.1. The van der Waals surface area contributed by atoms with Crippen LogP contribution >= 0.6 is 15.9 Å². The van der Waals surface area contributed by atoms with Crippen LogP contribution in [0.15, 0.2) is 34.9 Å². The van der Waals surface area contributed by atoms with Gasteiger partial charge in [-0.25, -0.2) is 5.01 Å². The lowest BCUT2D eigenvalue weighted by Crippen LogP contribution is -2.61. The molecule has 3 atom stereocenters. The summed E-state index contributed by atoms with van der Waals surface area (Å²) in [7, 11) is 0. The molecule has 8 nitrogen and oxygen atoms in total. The largest absolute Gasteiger partial charge is 0.353 e. The molecule has 2 fully saturated rings. The molecule has 2 amide bonds. The molecule has 192 valence electrons. The Balaban J connectivity index is 1.38. The van der Waals surface area contributed by atoms with E-state index >= 15 is 0 Å². The molecule has 35 heavy (non-hydrogen) atoms. The summed E-state index contributed by atoms with van der Waals surface area (Å²) < 4.78 is 3.18. The highest BCUT2D eigenvalue weighted by atomic mass is 79.9. The minimum Gasteiger partial charge on any atom is -0.353 e. The maximum Gasteiger partial charge on any atom is 0.242 e. The van der Waals surface area contributed by atoms with Gasteiger partial charge in [-0.2, -0.15) is 0 Å². The van der Waals surface area contributed by atoms with Gasteiger partial charge in [0, 0.05) is 53.8 Å². The number of nitrogens with one attached hydrogen (secondary N) is 1. The third kappa shape index (κ3) is 5.90. The molecular weight excluding hydrogens is 508 g/mol. The van der Waals surface area contributed by atoms with E-state index in [1.165, 1.54) is 0 Å². The van der Waals surface area contributed by atoms with E-state index in [2.05, 4.69) is 37.9 Å². The molecule has 0 bridgehead atoms. The molecule has 1 aliphatic heterocycles. The number of benzene rings is 1. The van der Waals surface area contributed by atoms with Gasteiger partial charge < -0.3 is 20.5 Å². The Hall–Kier alpha value is -1.94. The van der Waals surface area contributed by atoms with E-state index in [0.29, 0.717) is 38.5 Å².